The van der Waals surface area contributed by atoms with Crippen molar-refractivity contribution in [1.82, 2.24) is 4.90 Å². The number of rotatable bonds is 3. The van der Waals surface area contributed by atoms with Crippen molar-refractivity contribution in [3.05, 3.63) is 41.9 Å². The van der Waals surface area contributed by atoms with Crippen molar-refractivity contribution in [2.45, 2.75) is 18.0 Å². The zero-order chi connectivity index (χ0) is 14.3. The van der Waals surface area contributed by atoms with Gasteiger partial charge in [-0.2, -0.15) is 0 Å². The summed E-state index contributed by atoms with van der Waals surface area (Å²) >= 11 is 7.25. The number of β-lactam (4-membered cyclic amide) rings is 1. The Morgan fingerprint density at radius 3 is 2.71 bits per heavy atom. The van der Waals surface area contributed by atoms with E-state index < -0.39 is 11.3 Å². The normalized spacial score (nSPS) is 24.1. The lowest BCUT2D eigenvalue weighted by Crippen LogP contribution is -2.68. The molecule has 1 amide bonds. The number of allylic oxidation sites excluding steroid dienone is 1. The highest BCUT2D eigenvalue weighted by Gasteiger charge is 2.51. The number of pyridine rings is 1. The molecular formula is C13H14Cl2N3O2S+. The summed E-state index contributed by atoms with van der Waals surface area (Å²) < 4.78 is 1.94. The maximum absolute atomic E-state index is 11.8. The second-order valence-electron chi connectivity index (χ2n) is 4.71. The SMILES string of the molecule is Cl.NC1C(=O)N2C(C(=O)Cl)=C(C[n+]3ccccc3)CS[C@H]12. The van der Waals surface area contributed by atoms with Gasteiger partial charge in [0, 0.05) is 23.5 Å². The van der Waals surface area contributed by atoms with E-state index in [2.05, 4.69) is 0 Å². The third-order valence-corrected chi connectivity index (χ3v) is 4.97. The Bertz CT molecular complexity index is 609. The molecule has 1 fully saturated rings. The van der Waals surface area contributed by atoms with Gasteiger partial charge in [-0.25, -0.2) is 4.57 Å². The molecule has 1 aromatic rings. The number of aromatic nitrogens is 1. The molecule has 3 rings (SSSR count). The molecule has 0 aromatic carbocycles. The van der Waals surface area contributed by atoms with Crippen molar-refractivity contribution in [3.8, 4) is 0 Å². The second kappa shape index (κ2) is 6.36. The van der Waals surface area contributed by atoms with Gasteiger partial charge in [-0.05, 0) is 11.6 Å². The fourth-order valence-electron chi connectivity index (χ4n) is 2.44. The van der Waals surface area contributed by atoms with Crippen molar-refractivity contribution >= 4 is 46.9 Å². The number of carbonyl (C=O) groups is 2. The van der Waals surface area contributed by atoms with Crippen LogP contribution in [0.1, 0.15) is 0 Å². The van der Waals surface area contributed by atoms with Gasteiger partial charge < -0.3 is 5.73 Å². The summed E-state index contributed by atoms with van der Waals surface area (Å²) in [7, 11) is 0. The molecule has 2 N–H and O–H groups in total. The van der Waals surface area contributed by atoms with Gasteiger partial charge in [-0.15, -0.1) is 24.2 Å². The average molecular weight is 347 g/mol. The number of hydrogen-bond donors (Lipinski definition) is 1. The molecule has 0 radical (unpaired) electrons. The van der Waals surface area contributed by atoms with Crippen LogP contribution in [0.4, 0.5) is 0 Å². The van der Waals surface area contributed by atoms with Crippen LogP contribution in [-0.4, -0.2) is 33.2 Å². The van der Waals surface area contributed by atoms with Crippen LogP contribution < -0.4 is 10.3 Å². The van der Waals surface area contributed by atoms with Crippen molar-refractivity contribution < 1.29 is 14.2 Å². The lowest BCUT2D eigenvalue weighted by molar-refractivity contribution is -0.689. The number of nitrogens with two attached hydrogens (primary N) is 1. The van der Waals surface area contributed by atoms with E-state index in [0.29, 0.717) is 18.0 Å². The Kier molecular flexibility index (Phi) is 4.93. The second-order valence-corrected chi connectivity index (χ2v) is 6.16. The van der Waals surface area contributed by atoms with Crippen molar-refractivity contribution in [2.24, 2.45) is 5.73 Å². The van der Waals surface area contributed by atoms with E-state index in [0.717, 1.165) is 5.57 Å². The Morgan fingerprint density at radius 1 is 1.43 bits per heavy atom. The first-order chi connectivity index (χ1) is 9.59. The van der Waals surface area contributed by atoms with Crippen LogP contribution in [-0.2, 0) is 16.1 Å². The van der Waals surface area contributed by atoms with E-state index in [4.69, 9.17) is 17.3 Å². The molecule has 0 saturated carbocycles. The smallest absolute Gasteiger partial charge is 0.269 e. The largest absolute Gasteiger partial charge is 0.317 e. The number of nitrogens with zero attached hydrogens (tertiary/aromatic N) is 2. The molecule has 5 nitrogen and oxygen atoms in total. The minimum absolute atomic E-state index is 0. The standard InChI is InChI=1S/C13H13ClN3O2S.ClH/c14-11(18)10-8(6-16-4-2-1-3-5-16)7-20-13-9(15)12(19)17(10)13;/h1-5,9,13H,6-7,15H2;1H/q+1;/t9?,13-;/m1./s1. The van der Waals surface area contributed by atoms with E-state index in [9.17, 15) is 9.59 Å². The minimum atomic E-state index is -0.595. The van der Waals surface area contributed by atoms with E-state index in [1.807, 2.05) is 35.2 Å². The molecule has 1 unspecified atom stereocenters. The van der Waals surface area contributed by atoms with Gasteiger partial charge in [0.2, 0.25) is 5.91 Å². The third kappa shape index (κ3) is 2.81. The number of hydrogen-bond acceptors (Lipinski definition) is 4. The highest BCUT2D eigenvalue weighted by atomic mass is 35.5. The predicted molar refractivity (Wildman–Crippen MR) is 82.8 cm³/mol. The van der Waals surface area contributed by atoms with Crippen molar-refractivity contribution in [2.75, 3.05) is 5.75 Å². The molecule has 2 atom stereocenters. The molecule has 0 aliphatic carbocycles. The summed E-state index contributed by atoms with van der Waals surface area (Å²) in [4.78, 5) is 25.0. The zero-order valence-electron chi connectivity index (χ0n) is 10.9. The number of fused-ring (bicyclic) bond motifs is 1. The predicted octanol–water partition coefficient (Wildman–Crippen LogP) is 0.658. The Labute approximate surface area is 137 Å². The van der Waals surface area contributed by atoms with Crippen molar-refractivity contribution in [3.63, 3.8) is 0 Å². The van der Waals surface area contributed by atoms with E-state index >= 15 is 0 Å². The highest BCUT2D eigenvalue weighted by Crippen LogP contribution is 2.40. The Balaban J connectivity index is 0.00000161. The fourth-order valence-corrected chi connectivity index (χ4v) is 3.95. The van der Waals surface area contributed by atoms with Crippen LogP contribution in [0.15, 0.2) is 41.9 Å². The van der Waals surface area contributed by atoms with Crippen LogP contribution in [0.25, 0.3) is 0 Å². The first-order valence-corrected chi connectivity index (χ1v) is 7.58. The molecular weight excluding hydrogens is 333 g/mol. The quantitative estimate of drug-likeness (QED) is 0.496. The van der Waals surface area contributed by atoms with Gasteiger partial charge in [0.15, 0.2) is 18.9 Å². The van der Waals surface area contributed by atoms with Crippen LogP contribution >= 0.6 is 35.8 Å². The summed E-state index contributed by atoms with van der Waals surface area (Å²) in [5, 5.41) is -0.758. The summed E-state index contributed by atoms with van der Waals surface area (Å²) in [6.07, 6.45) is 3.81. The molecule has 2 aliphatic heterocycles. The lowest BCUT2D eigenvalue weighted by Gasteiger charge is -2.47. The van der Waals surface area contributed by atoms with Crippen LogP contribution in [0, 0.1) is 0 Å². The van der Waals surface area contributed by atoms with Crippen LogP contribution in [0.5, 0.6) is 0 Å². The summed E-state index contributed by atoms with van der Waals surface area (Å²) in [6, 6.07) is 5.21. The summed E-state index contributed by atoms with van der Waals surface area (Å²) in [5.74, 6) is 0.416. The first kappa shape index (κ1) is 16.3. The van der Waals surface area contributed by atoms with E-state index in [1.54, 1.807) is 11.8 Å². The third-order valence-electron chi connectivity index (χ3n) is 3.43. The minimum Gasteiger partial charge on any atom is -0.317 e. The molecule has 1 saturated heterocycles. The molecule has 0 spiro atoms. The van der Waals surface area contributed by atoms with Gasteiger partial charge >= 0.3 is 0 Å². The lowest BCUT2D eigenvalue weighted by atomic mass is 10.0. The monoisotopic (exact) mass is 346 g/mol. The number of amides is 1. The number of halogens is 2. The summed E-state index contributed by atoms with van der Waals surface area (Å²) in [5.41, 5.74) is 6.90. The number of carbonyl (C=O) groups excluding carboxylic acids is 2. The highest BCUT2D eigenvalue weighted by molar-refractivity contribution is 8.00. The molecule has 8 heteroatoms. The zero-order valence-corrected chi connectivity index (χ0v) is 13.3. The molecule has 1 aromatic heterocycles. The molecule has 3 heterocycles. The fraction of sp³-hybridized carbons (Fsp3) is 0.308. The van der Waals surface area contributed by atoms with Gasteiger partial charge in [0.1, 0.15) is 17.1 Å². The van der Waals surface area contributed by atoms with Gasteiger partial charge in [-0.3, -0.25) is 14.5 Å². The van der Waals surface area contributed by atoms with E-state index in [1.165, 1.54) is 4.90 Å². The van der Waals surface area contributed by atoms with Crippen LogP contribution in [0.2, 0.25) is 0 Å². The molecule has 0 bridgehead atoms. The number of thioether (sulfide) groups is 1. The first-order valence-electron chi connectivity index (χ1n) is 6.16. The topological polar surface area (TPSA) is 67.3 Å². The van der Waals surface area contributed by atoms with Crippen molar-refractivity contribution in [1.29, 1.82) is 0 Å². The molecule has 21 heavy (non-hydrogen) atoms. The molecule has 112 valence electrons. The van der Waals surface area contributed by atoms with Gasteiger partial charge in [0.05, 0.1) is 0 Å². The van der Waals surface area contributed by atoms with Crippen LogP contribution in [0.3, 0.4) is 0 Å². The van der Waals surface area contributed by atoms with Gasteiger partial charge in [0.25, 0.3) is 5.24 Å². The Morgan fingerprint density at radius 2 is 2.10 bits per heavy atom. The Hall–Kier alpha value is -1.08. The van der Waals surface area contributed by atoms with Gasteiger partial charge in [-0.1, -0.05) is 6.07 Å². The molecule has 2 aliphatic rings. The summed E-state index contributed by atoms with van der Waals surface area (Å²) in [6.45, 7) is 0.535. The maximum atomic E-state index is 11.8. The average Bonchev–Trinajstić information content (AvgIpc) is 2.46. The maximum Gasteiger partial charge on any atom is 0.269 e. The van der Waals surface area contributed by atoms with E-state index in [-0.39, 0.29) is 23.7 Å².